The standard InChI is InChI=1S/C43H63N5O12S.C34H53N5O9/c1-26(2)31(19-27(3)37(53)44-33(60-25-50)23-58-24-49)46(10)40(56)35(42(4,5)6)45-38(54)36(43(7,8)9)47(11)41(57)59-22-29-15-13-28(14-16-29)17-18-30(51)21-48-34(52)20-32(61-12)39(48)55;1-21(2)25(16-22(3)29(42)36-26(48-20-41)18-46-19-40)38(10)31(44)27(33(4,5)6)37-30(43)28(34(7,8)9)39(11)32(45)47-17-23-12-14-24(35)15-13-23/h13-16,19,24-26,31-33,35-36H,17-18,20-23H2,1-12H3,(H,44,53)(H,45,54);12-16,19-21,25-28H,17-18,35H2,1-11H3,(H,36,42)(H,37,43)/b27-19+;22-16+/t31-,32?,33?,35-,36-;25-,26?,27-,28-/m11/s1. The molecule has 1 fully saturated rings. The first-order chi connectivity index (χ1) is 50.5. The predicted molar refractivity (Wildman–Crippen MR) is 407 cm³/mol. The van der Waals surface area contributed by atoms with Crippen LogP contribution in [0, 0.1) is 33.5 Å². The fourth-order valence-corrected chi connectivity index (χ4v) is 12.3. The molecule has 2 aromatic carbocycles. The molecule has 3 rings (SSSR count). The normalized spacial score (nSPS) is 15.6. The zero-order chi connectivity index (χ0) is 83.4. The Morgan fingerprint density at radius 2 is 0.899 bits per heavy atom. The lowest BCUT2D eigenvalue weighted by Crippen LogP contribution is -2.61. The minimum atomic E-state index is -1.23. The van der Waals surface area contributed by atoms with Crippen molar-refractivity contribution in [1.29, 1.82) is 0 Å². The first kappa shape index (κ1) is 95.2. The molecular formula is C77H116N10O21S. The molecule has 0 radical (unpaired) electrons. The second kappa shape index (κ2) is 43.3. The quantitative estimate of drug-likeness (QED) is 0.0121. The van der Waals surface area contributed by atoms with Gasteiger partial charge in [-0.25, -0.2) is 9.59 Å². The molecule has 0 aliphatic carbocycles. The maximum Gasteiger partial charge on any atom is 0.410 e. The molecule has 606 valence electrons. The highest BCUT2D eigenvalue weighted by Crippen LogP contribution is 2.31. The van der Waals surface area contributed by atoms with Gasteiger partial charge < -0.3 is 65.2 Å². The number of imide groups is 1. The van der Waals surface area contributed by atoms with Gasteiger partial charge in [-0.1, -0.05) is 159 Å². The molecule has 3 unspecified atom stereocenters. The number of ether oxygens (including phenoxy) is 6. The van der Waals surface area contributed by atoms with Crippen LogP contribution in [0.3, 0.4) is 0 Å². The number of hydrogen-bond donors (Lipinski definition) is 5. The van der Waals surface area contributed by atoms with Crippen LogP contribution in [0.4, 0.5) is 15.3 Å². The molecule has 109 heavy (non-hydrogen) atoms. The number of amides is 10. The summed E-state index contributed by atoms with van der Waals surface area (Å²) in [6.07, 6.45) is 1.66. The summed E-state index contributed by atoms with van der Waals surface area (Å²) >= 11 is 1.29. The van der Waals surface area contributed by atoms with Crippen LogP contribution in [-0.4, -0.2) is 224 Å². The number of ketones is 1. The van der Waals surface area contributed by atoms with Crippen LogP contribution in [0.5, 0.6) is 0 Å². The average Bonchev–Trinajstić information content (AvgIpc) is 1.51. The van der Waals surface area contributed by atoms with E-state index in [4.69, 9.17) is 24.7 Å². The van der Waals surface area contributed by atoms with Crippen LogP contribution in [-0.2, 0) is 110 Å². The Hall–Kier alpha value is -9.88. The van der Waals surface area contributed by atoms with E-state index in [9.17, 15) is 71.9 Å². The van der Waals surface area contributed by atoms with Crippen molar-refractivity contribution in [3.05, 3.63) is 88.5 Å². The van der Waals surface area contributed by atoms with Crippen molar-refractivity contribution in [3.8, 4) is 0 Å². The van der Waals surface area contributed by atoms with Crippen molar-refractivity contribution in [1.82, 2.24) is 45.8 Å². The van der Waals surface area contributed by atoms with Crippen LogP contribution in [0.25, 0.3) is 0 Å². The molecule has 0 aromatic heterocycles. The molecule has 1 aliphatic heterocycles. The Morgan fingerprint density at radius 3 is 1.21 bits per heavy atom. The number of nitrogen functional groups attached to an aromatic ring is 1. The summed E-state index contributed by atoms with van der Waals surface area (Å²) in [5, 5.41) is 10.3. The number of nitrogens with one attached hydrogen (secondary N) is 4. The lowest BCUT2D eigenvalue weighted by molar-refractivity contribution is -0.147. The topological polar surface area (TPSA) is 402 Å². The maximum absolute atomic E-state index is 14.3. The lowest BCUT2D eigenvalue weighted by Gasteiger charge is -2.40. The number of aryl methyl sites for hydroxylation is 1. The smallest absolute Gasteiger partial charge is 0.410 e. The number of nitrogens with zero attached hydrogens (tertiary/aromatic N) is 5. The van der Waals surface area contributed by atoms with E-state index in [-0.39, 0.29) is 106 Å². The van der Waals surface area contributed by atoms with Gasteiger partial charge >= 0.3 is 12.2 Å². The zero-order valence-corrected chi connectivity index (χ0v) is 68.2. The van der Waals surface area contributed by atoms with Crippen molar-refractivity contribution >= 4 is 109 Å². The fraction of sp³-hybridized carbons (Fsp3) is 0.597. The van der Waals surface area contributed by atoms with Gasteiger partial charge in [-0.3, -0.25) is 77.0 Å². The van der Waals surface area contributed by atoms with Crippen LogP contribution in [0.1, 0.15) is 154 Å². The van der Waals surface area contributed by atoms with Gasteiger partial charge in [0.2, 0.25) is 59.7 Å². The molecule has 1 saturated heterocycles. The minimum absolute atomic E-state index is 0.0192. The number of rotatable bonds is 38. The highest BCUT2D eigenvalue weighted by molar-refractivity contribution is 8.00. The highest BCUT2D eigenvalue weighted by Gasteiger charge is 2.46. The SMILES string of the molecule is C/C(=C\[C@H](C(C)C)N(C)C(=O)[C@@H](NC(=O)[C@@H](N(C)C(=O)OCc1ccc(N)cc1)C(C)(C)C)C(C)(C)C)C(=O)NC(COC=O)OC=O.CSC1CC(=O)N(CC(=O)CCc2ccc(COC(=O)N(C)[C@H](C(=O)N[C@H](C(=O)N(C)[C@H](/C=C(\C)C(=O)NC(COC=O)OC=O)C(C)C)C(C)(C)C)C(C)(C)C)cc2)C1=O. The number of likely N-dealkylation sites (tertiary alicyclic amines) is 1. The third-order valence-corrected chi connectivity index (χ3v) is 18.6. The van der Waals surface area contributed by atoms with E-state index < -0.39 is 130 Å². The second-order valence-corrected chi connectivity index (χ2v) is 32.7. The molecule has 31 nitrogen and oxygen atoms in total. The average molecular weight is 1550 g/mol. The van der Waals surface area contributed by atoms with E-state index in [1.54, 1.807) is 123 Å². The Bertz CT molecular complexity index is 3540. The van der Waals surface area contributed by atoms with Crippen LogP contribution >= 0.6 is 11.8 Å². The highest BCUT2D eigenvalue weighted by atomic mass is 32.2. The Morgan fingerprint density at radius 1 is 0.541 bits per heavy atom. The number of carbonyl (C=O) groups excluding carboxylic acids is 15. The van der Waals surface area contributed by atoms with Crippen molar-refractivity contribution in [2.45, 2.75) is 211 Å². The maximum atomic E-state index is 14.3. The summed E-state index contributed by atoms with van der Waals surface area (Å²) in [5.41, 5.74) is 5.82. The summed E-state index contributed by atoms with van der Waals surface area (Å²) in [6, 6.07) is 8.59. The predicted octanol–water partition coefficient (Wildman–Crippen LogP) is 6.41. The van der Waals surface area contributed by atoms with Gasteiger partial charge in [0, 0.05) is 57.9 Å². The molecule has 1 heterocycles. The van der Waals surface area contributed by atoms with Crippen LogP contribution in [0.15, 0.2) is 71.8 Å². The van der Waals surface area contributed by atoms with Gasteiger partial charge in [0.25, 0.3) is 25.9 Å². The van der Waals surface area contributed by atoms with Crippen molar-refractivity contribution < 1.29 is 100 Å². The summed E-state index contributed by atoms with van der Waals surface area (Å²) in [4.78, 5) is 195. The van der Waals surface area contributed by atoms with E-state index in [0.717, 1.165) is 16.0 Å². The second-order valence-electron chi connectivity index (χ2n) is 31.6. The monoisotopic (exact) mass is 1550 g/mol. The van der Waals surface area contributed by atoms with Crippen LogP contribution < -0.4 is 27.0 Å². The summed E-state index contributed by atoms with van der Waals surface area (Å²) < 4.78 is 29.8. The first-order valence-electron chi connectivity index (χ1n) is 35.5. The number of anilines is 1. The zero-order valence-electron chi connectivity index (χ0n) is 67.4. The fourth-order valence-electron chi connectivity index (χ4n) is 11.7. The van der Waals surface area contributed by atoms with E-state index in [2.05, 4.69) is 30.7 Å². The van der Waals surface area contributed by atoms with Gasteiger partial charge in [0.05, 0.1) is 23.9 Å². The summed E-state index contributed by atoms with van der Waals surface area (Å²) in [6.45, 7) is 31.5. The molecular weight excluding hydrogens is 1430 g/mol. The molecule has 2 aromatic rings. The van der Waals surface area contributed by atoms with Crippen molar-refractivity contribution in [2.75, 3.05) is 59.9 Å². The third kappa shape index (κ3) is 30.2. The van der Waals surface area contributed by atoms with E-state index in [1.165, 1.54) is 59.3 Å². The Balaban J connectivity index is 0.000000762. The van der Waals surface area contributed by atoms with Gasteiger partial charge in [0.1, 0.15) is 50.6 Å². The number of hydrogen-bond acceptors (Lipinski definition) is 23. The van der Waals surface area contributed by atoms with Gasteiger partial charge in [-0.05, 0) is 88.8 Å². The number of likely N-dealkylation sites (N-methyl/N-ethyl adjacent to an activating group) is 4. The number of carbonyl (C=O) groups is 15. The van der Waals surface area contributed by atoms with E-state index >= 15 is 0 Å². The number of nitrogens with two attached hydrogens (primary N) is 1. The van der Waals surface area contributed by atoms with Gasteiger partial charge in [-0.2, -0.15) is 11.8 Å². The van der Waals surface area contributed by atoms with E-state index in [0.29, 0.717) is 17.7 Å². The molecule has 1 aliphatic rings. The Kier molecular flexibility index (Phi) is 37.9. The molecule has 0 bridgehead atoms. The van der Waals surface area contributed by atoms with E-state index in [1.807, 2.05) is 69.2 Å². The summed E-state index contributed by atoms with van der Waals surface area (Å²) in [5.74, 6) is -4.47. The van der Waals surface area contributed by atoms with Gasteiger partial charge in [-0.15, -0.1) is 0 Å². The molecule has 6 N–H and O–H groups in total. The lowest BCUT2D eigenvalue weighted by atomic mass is 9.82. The number of benzene rings is 2. The molecule has 32 heteroatoms. The summed E-state index contributed by atoms with van der Waals surface area (Å²) in [7, 11) is 6.07. The molecule has 9 atom stereocenters. The van der Waals surface area contributed by atoms with Gasteiger partial charge in [0.15, 0.2) is 5.78 Å². The first-order valence-corrected chi connectivity index (χ1v) is 36.8. The number of thioether (sulfide) groups is 1. The molecule has 0 saturated carbocycles. The molecule has 0 spiro atoms. The minimum Gasteiger partial charge on any atom is -0.462 e. The molecule has 10 amide bonds. The largest absolute Gasteiger partial charge is 0.462 e. The van der Waals surface area contributed by atoms with Crippen molar-refractivity contribution in [3.63, 3.8) is 0 Å². The number of Topliss-reactive ketones (excluding diaryl/α,β-unsaturated/α-hetero) is 1. The van der Waals surface area contributed by atoms with Crippen LogP contribution in [0.2, 0.25) is 0 Å². The van der Waals surface area contributed by atoms with Crippen molar-refractivity contribution in [2.24, 2.45) is 33.5 Å². The Labute approximate surface area is 644 Å². The third-order valence-electron chi connectivity index (χ3n) is 17.7.